The topological polar surface area (TPSA) is 70.5 Å². The smallest absolute Gasteiger partial charge is 0.300 e. The molecular formula is C22H15BrN2O3. The van der Waals surface area contributed by atoms with Gasteiger partial charge in [0.15, 0.2) is 0 Å². The number of aromatic nitrogens is 1. The van der Waals surface area contributed by atoms with E-state index in [-0.39, 0.29) is 11.3 Å². The highest BCUT2D eigenvalue weighted by Crippen LogP contribution is 2.42. The van der Waals surface area contributed by atoms with Crippen molar-refractivity contribution in [3.8, 4) is 0 Å². The van der Waals surface area contributed by atoms with E-state index >= 15 is 0 Å². The summed E-state index contributed by atoms with van der Waals surface area (Å²) in [4.78, 5) is 31.3. The number of hydrogen-bond donors (Lipinski definition) is 1. The molecule has 0 spiro atoms. The van der Waals surface area contributed by atoms with Crippen molar-refractivity contribution in [2.24, 2.45) is 0 Å². The zero-order valence-corrected chi connectivity index (χ0v) is 16.2. The molecule has 5 nitrogen and oxygen atoms in total. The zero-order chi connectivity index (χ0) is 19.7. The molecule has 1 aliphatic rings. The van der Waals surface area contributed by atoms with E-state index in [1.54, 1.807) is 42.6 Å². The Morgan fingerprint density at radius 1 is 0.964 bits per heavy atom. The van der Waals surface area contributed by atoms with Gasteiger partial charge in [-0.25, -0.2) is 0 Å². The molecule has 1 fully saturated rings. The van der Waals surface area contributed by atoms with Gasteiger partial charge in [-0.15, -0.1) is 0 Å². The summed E-state index contributed by atoms with van der Waals surface area (Å²) in [6.45, 7) is 0. The summed E-state index contributed by atoms with van der Waals surface area (Å²) >= 11 is 3.40. The highest BCUT2D eigenvalue weighted by atomic mass is 79.9. The monoisotopic (exact) mass is 434 g/mol. The average Bonchev–Trinajstić information content (AvgIpc) is 3.00. The van der Waals surface area contributed by atoms with Crippen LogP contribution >= 0.6 is 15.9 Å². The number of carbonyl (C=O) groups excluding carboxylic acids is 2. The first-order valence-corrected chi connectivity index (χ1v) is 9.39. The van der Waals surface area contributed by atoms with Gasteiger partial charge < -0.3 is 5.11 Å². The van der Waals surface area contributed by atoms with Crippen LogP contribution in [0.1, 0.15) is 17.2 Å². The molecular weight excluding hydrogens is 420 g/mol. The lowest BCUT2D eigenvalue weighted by Gasteiger charge is -2.25. The maximum atomic E-state index is 12.9. The summed E-state index contributed by atoms with van der Waals surface area (Å²) in [5.74, 6) is -1.62. The number of Topliss-reactive ketones (excluding diaryl/α,β-unsaturated/α-hetero) is 1. The van der Waals surface area contributed by atoms with Gasteiger partial charge in [0, 0.05) is 16.2 Å². The number of benzene rings is 2. The molecule has 1 unspecified atom stereocenters. The van der Waals surface area contributed by atoms with Crippen molar-refractivity contribution in [3.63, 3.8) is 0 Å². The van der Waals surface area contributed by atoms with Crippen LogP contribution in [0.2, 0.25) is 0 Å². The average molecular weight is 435 g/mol. The van der Waals surface area contributed by atoms with E-state index in [9.17, 15) is 14.7 Å². The first kappa shape index (κ1) is 18.1. The first-order valence-electron chi connectivity index (χ1n) is 8.60. The van der Waals surface area contributed by atoms with E-state index in [0.717, 1.165) is 4.47 Å². The molecule has 138 valence electrons. The molecule has 2 heterocycles. The number of ketones is 1. The van der Waals surface area contributed by atoms with Gasteiger partial charge in [0.2, 0.25) is 0 Å². The van der Waals surface area contributed by atoms with Crippen molar-refractivity contribution >= 4 is 39.1 Å². The van der Waals surface area contributed by atoms with Crippen molar-refractivity contribution in [2.75, 3.05) is 4.90 Å². The Bertz CT molecular complexity index is 1060. The van der Waals surface area contributed by atoms with Crippen LogP contribution in [0.5, 0.6) is 0 Å². The van der Waals surface area contributed by atoms with E-state index in [0.29, 0.717) is 16.8 Å². The molecule has 0 bridgehead atoms. The first-order chi connectivity index (χ1) is 13.6. The fourth-order valence-electron chi connectivity index (χ4n) is 3.31. The van der Waals surface area contributed by atoms with Crippen LogP contribution in [0.15, 0.2) is 89.2 Å². The van der Waals surface area contributed by atoms with Gasteiger partial charge in [-0.2, -0.15) is 0 Å². The fraction of sp³-hybridized carbons (Fsp3) is 0.0455. The van der Waals surface area contributed by atoms with Crippen LogP contribution in [-0.2, 0) is 9.59 Å². The molecule has 6 heteroatoms. The fourth-order valence-corrected chi connectivity index (χ4v) is 3.57. The second-order valence-electron chi connectivity index (χ2n) is 6.30. The van der Waals surface area contributed by atoms with E-state index in [4.69, 9.17) is 0 Å². The summed E-state index contributed by atoms with van der Waals surface area (Å²) in [7, 11) is 0. The van der Waals surface area contributed by atoms with Gasteiger partial charge in [-0.05, 0) is 29.8 Å². The minimum absolute atomic E-state index is 0.0578. The molecule has 1 amide bonds. The number of halogens is 1. The minimum atomic E-state index is -0.752. The Hall–Kier alpha value is -3.25. The van der Waals surface area contributed by atoms with Gasteiger partial charge in [0.05, 0.1) is 23.5 Å². The van der Waals surface area contributed by atoms with Crippen LogP contribution in [-0.4, -0.2) is 21.8 Å². The Balaban J connectivity index is 1.95. The SMILES string of the molecule is O=C1C(=O)N(c2cccnc2)C(c2ccc(Br)cc2)C1=C(O)c1ccccc1. The maximum absolute atomic E-state index is 12.9. The predicted octanol–water partition coefficient (Wildman–Crippen LogP) is 4.47. The Labute approximate surface area is 170 Å². The highest BCUT2D eigenvalue weighted by Gasteiger charge is 2.47. The molecule has 1 aromatic heterocycles. The standard InChI is InChI=1S/C22H15BrN2O3/c23-16-10-8-14(9-11-16)19-18(20(26)15-5-2-1-3-6-15)21(27)22(28)25(19)17-7-4-12-24-13-17/h1-13,19,26H. The van der Waals surface area contributed by atoms with Gasteiger partial charge in [0.1, 0.15) is 5.76 Å². The van der Waals surface area contributed by atoms with Crippen LogP contribution in [0, 0.1) is 0 Å². The lowest BCUT2D eigenvalue weighted by atomic mass is 9.95. The van der Waals surface area contributed by atoms with E-state index in [2.05, 4.69) is 20.9 Å². The lowest BCUT2D eigenvalue weighted by molar-refractivity contribution is -0.132. The molecule has 0 radical (unpaired) electrons. The summed E-state index contributed by atoms with van der Waals surface area (Å²) < 4.78 is 0.873. The Morgan fingerprint density at radius 3 is 2.32 bits per heavy atom. The lowest BCUT2D eigenvalue weighted by Crippen LogP contribution is -2.29. The van der Waals surface area contributed by atoms with Crippen LogP contribution in [0.3, 0.4) is 0 Å². The molecule has 0 saturated carbocycles. The Morgan fingerprint density at radius 2 is 1.68 bits per heavy atom. The van der Waals surface area contributed by atoms with Crippen molar-refractivity contribution in [1.29, 1.82) is 0 Å². The second kappa shape index (κ2) is 7.40. The van der Waals surface area contributed by atoms with Gasteiger partial charge in [-0.3, -0.25) is 19.5 Å². The minimum Gasteiger partial charge on any atom is -0.507 e. The van der Waals surface area contributed by atoms with Crippen LogP contribution in [0.4, 0.5) is 5.69 Å². The third-order valence-electron chi connectivity index (χ3n) is 4.60. The molecule has 3 aromatic rings. The molecule has 2 aromatic carbocycles. The summed E-state index contributed by atoms with van der Waals surface area (Å²) in [6, 6.07) is 18.7. The predicted molar refractivity (Wildman–Crippen MR) is 110 cm³/mol. The van der Waals surface area contributed by atoms with Crippen molar-refractivity contribution < 1.29 is 14.7 Å². The number of hydrogen-bond acceptors (Lipinski definition) is 4. The second-order valence-corrected chi connectivity index (χ2v) is 7.21. The third kappa shape index (κ3) is 3.12. The van der Waals surface area contributed by atoms with Gasteiger partial charge in [0.25, 0.3) is 11.7 Å². The largest absolute Gasteiger partial charge is 0.507 e. The summed E-state index contributed by atoms with van der Waals surface area (Å²) in [5, 5.41) is 10.9. The Kier molecular flexibility index (Phi) is 4.79. The number of nitrogens with zero attached hydrogens (tertiary/aromatic N) is 2. The number of aliphatic hydroxyl groups is 1. The number of pyridine rings is 1. The number of aliphatic hydroxyl groups excluding tert-OH is 1. The number of anilines is 1. The molecule has 0 aliphatic carbocycles. The van der Waals surface area contributed by atoms with E-state index < -0.39 is 17.7 Å². The molecule has 28 heavy (non-hydrogen) atoms. The number of amides is 1. The van der Waals surface area contributed by atoms with Crippen LogP contribution in [0.25, 0.3) is 5.76 Å². The summed E-state index contributed by atoms with van der Waals surface area (Å²) in [5.41, 5.74) is 1.74. The van der Waals surface area contributed by atoms with Crippen molar-refractivity contribution in [3.05, 3.63) is 100 Å². The molecule has 1 aliphatic heterocycles. The quantitative estimate of drug-likeness (QED) is 0.375. The third-order valence-corrected chi connectivity index (χ3v) is 5.13. The van der Waals surface area contributed by atoms with Crippen molar-refractivity contribution in [2.45, 2.75) is 6.04 Å². The van der Waals surface area contributed by atoms with E-state index in [1.807, 2.05) is 30.3 Å². The highest BCUT2D eigenvalue weighted by molar-refractivity contribution is 9.10. The van der Waals surface area contributed by atoms with Gasteiger partial charge in [-0.1, -0.05) is 58.4 Å². The number of carbonyl (C=O) groups is 2. The van der Waals surface area contributed by atoms with Crippen molar-refractivity contribution in [1.82, 2.24) is 4.98 Å². The molecule has 1 saturated heterocycles. The molecule has 1 N–H and O–H groups in total. The number of rotatable bonds is 3. The van der Waals surface area contributed by atoms with Crippen LogP contribution < -0.4 is 4.90 Å². The maximum Gasteiger partial charge on any atom is 0.300 e. The molecule has 1 atom stereocenters. The summed E-state index contributed by atoms with van der Waals surface area (Å²) in [6.07, 6.45) is 3.12. The zero-order valence-electron chi connectivity index (χ0n) is 14.6. The molecule has 4 rings (SSSR count). The van der Waals surface area contributed by atoms with E-state index in [1.165, 1.54) is 11.1 Å². The van der Waals surface area contributed by atoms with Gasteiger partial charge >= 0.3 is 0 Å². The normalized spacial score (nSPS) is 18.5.